The molecule has 0 rings (SSSR count). The van der Waals surface area contributed by atoms with Gasteiger partial charge in [0.05, 0.1) is 0 Å². The quantitative estimate of drug-likeness (QED) is 0.411. The maximum absolute atomic E-state index is 5.07. The second-order valence-corrected chi connectivity index (χ2v) is 2.17. The lowest BCUT2D eigenvalue weighted by Gasteiger charge is -1.87. The Balaban J connectivity index is 3.68. The SMILES string of the molecule is C#CC/C=C\C(C)=C/CC. The van der Waals surface area contributed by atoms with Crippen molar-refractivity contribution in [2.24, 2.45) is 0 Å². The van der Waals surface area contributed by atoms with E-state index in [0.29, 0.717) is 0 Å². The zero-order valence-corrected chi connectivity index (χ0v) is 6.72. The van der Waals surface area contributed by atoms with Gasteiger partial charge in [-0.05, 0) is 13.3 Å². The smallest absolute Gasteiger partial charge is 0.0270 e. The molecule has 0 aromatic rings. The first-order valence-corrected chi connectivity index (χ1v) is 3.58. The van der Waals surface area contributed by atoms with Crippen molar-refractivity contribution in [2.75, 3.05) is 0 Å². The highest BCUT2D eigenvalue weighted by atomic mass is 13.8. The number of hydrogen-bond acceptors (Lipinski definition) is 0. The molecule has 0 amide bonds. The Hall–Kier alpha value is -0.960. The maximum atomic E-state index is 5.07. The highest BCUT2D eigenvalue weighted by Gasteiger charge is 1.76. The van der Waals surface area contributed by atoms with Gasteiger partial charge in [0.25, 0.3) is 0 Å². The molecule has 0 aliphatic carbocycles. The van der Waals surface area contributed by atoms with Gasteiger partial charge in [0.2, 0.25) is 0 Å². The lowest BCUT2D eigenvalue weighted by molar-refractivity contribution is 1.19. The van der Waals surface area contributed by atoms with Crippen LogP contribution in [0.3, 0.4) is 0 Å². The van der Waals surface area contributed by atoms with Crippen molar-refractivity contribution in [1.29, 1.82) is 0 Å². The van der Waals surface area contributed by atoms with Crippen LogP contribution in [0.1, 0.15) is 26.7 Å². The van der Waals surface area contributed by atoms with Crippen LogP contribution in [0.25, 0.3) is 0 Å². The van der Waals surface area contributed by atoms with Crippen molar-refractivity contribution < 1.29 is 0 Å². The van der Waals surface area contributed by atoms with Crippen LogP contribution in [0.5, 0.6) is 0 Å². The molecule has 0 aromatic carbocycles. The molecule has 0 saturated carbocycles. The van der Waals surface area contributed by atoms with E-state index in [1.54, 1.807) is 0 Å². The van der Waals surface area contributed by atoms with Crippen LogP contribution in [0.2, 0.25) is 0 Å². The first-order valence-electron chi connectivity index (χ1n) is 3.58. The predicted molar refractivity (Wildman–Crippen MR) is 46.6 cm³/mol. The van der Waals surface area contributed by atoms with Crippen molar-refractivity contribution >= 4 is 0 Å². The Morgan fingerprint density at radius 1 is 1.60 bits per heavy atom. The van der Waals surface area contributed by atoms with E-state index in [1.807, 2.05) is 6.08 Å². The van der Waals surface area contributed by atoms with Crippen molar-refractivity contribution in [2.45, 2.75) is 26.7 Å². The summed E-state index contributed by atoms with van der Waals surface area (Å²) in [6.07, 6.45) is 13.1. The Kier molecular flexibility index (Phi) is 5.57. The fourth-order valence-corrected chi connectivity index (χ4v) is 0.703. The van der Waals surface area contributed by atoms with E-state index < -0.39 is 0 Å². The van der Waals surface area contributed by atoms with Crippen LogP contribution in [0.15, 0.2) is 23.8 Å². The first kappa shape index (κ1) is 9.04. The normalized spacial score (nSPS) is 11.9. The third-order valence-electron chi connectivity index (χ3n) is 1.14. The van der Waals surface area contributed by atoms with Crippen LogP contribution in [0, 0.1) is 12.3 Å². The van der Waals surface area contributed by atoms with Crippen molar-refractivity contribution in [3.63, 3.8) is 0 Å². The fourth-order valence-electron chi connectivity index (χ4n) is 0.703. The molecule has 0 spiro atoms. The summed E-state index contributed by atoms with van der Waals surface area (Å²) in [4.78, 5) is 0. The lowest BCUT2D eigenvalue weighted by atomic mass is 10.2. The van der Waals surface area contributed by atoms with Gasteiger partial charge < -0.3 is 0 Å². The van der Waals surface area contributed by atoms with E-state index in [2.05, 4.69) is 31.9 Å². The number of rotatable bonds is 3. The van der Waals surface area contributed by atoms with E-state index in [9.17, 15) is 0 Å². The van der Waals surface area contributed by atoms with Gasteiger partial charge in [0.15, 0.2) is 0 Å². The molecular weight excluding hydrogens is 120 g/mol. The van der Waals surface area contributed by atoms with E-state index in [4.69, 9.17) is 6.42 Å². The Morgan fingerprint density at radius 2 is 2.30 bits per heavy atom. The molecule has 0 saturated heterocycles. The Labute approximate surface area is 63.6 Å². The molecule has 0 unspecified atom stereocenters. The molecule has 10 heavy (non-hydrogen) atoms. The fraction of sp³-hybridized carbons (Fsp3) is 0.400. The summed E-state index contributed by atoms with van der Waals surface area (Å²) in [5, 5.41) is 0. The molecule has 54 valence electrons. The predicted octanol–water partition coefficient (Wildman–Crippen LogP) is 2.92. The van der Waals surface area contributed by atoms with Crippen molar-refractivity contribution in [3.05, 3.63) is 23.8 Å². The molecule has 0 bridgehead atoms. The molecular formula is C10H14. The molecule has 0 fully saturated rings. The van der Waals surface area contributed by atoms with Crippen LogP contribution in [-0.2, 0) is 0 Å². The standard InChI is InChI=1S/C10H14/c1-4-6-7-9-10(3)8-5-2/h1,7-9H,5-6H2,2-3H3/b9-7-,10-8-. The molecule has 0 nitrogen and oxygen atoms in total. The van der Waals surface area contributed by atoms with Gasteiger partial charge >= 0.3 is 0 Å². The van der Waals surface area contributed by atoms with Crippen LogP contribution < -0.4 is 0 Å². The van der Waals surface area contributed by atoms with E-state index in [1.165, 1.54) is 5.57 Å². The molecule has 0 aliphatic rings. The van der Waals surface area contributed by atoms with E-state index >= 15 is 0 Å². The van der Waals surface area contributed by atoms with Gasteiger partial charge in [-0.1, -0.05) is 30.7 Å². The number of hydrogen-bond donors (Lipinski definition) is 0. The van der Waals surface area contributed by atoms with Gasteiger partial charge in [-0.15, -0.1) is 12.3 Å². The first-order chi connectivity index (χ1) is 4.81. The molecule has 0 heterocycles. The summed E-state index contributed by atoms with van der Waals surface area (Å²) in [6, 6.07) is 0. The average molecular weight is 134 g/mol. The lowest BCUT2D eigenvalue weighted by Crippen LogP contribution is -1.66. The van der Waals surface area contributed by atoms with Gasteiger partial charge in [-0.25, -0.2) is 0 Å². The van der Waals surface area contributed by atoms with Crippen molar-refractivity contribution in [3.8, 4) is 12.3 Å². The zero-order valence-electron chi connectivity index (χ0n) is 6.72. The molecule has 0 aromatic heterocycles. The van der Waals surface area contributed by atoms with Gasteiger partial charge in [-0.2, -0.15) is 0 Å². The second kappa shape index (κ2) is 6.16. The second-order valence-electron chi connectivity index (χ2n) is 2.17. The Bertz CT molecular complexity index is 165. The molecule has 0 heteroatoms. The van der Waals surface area contributed by atoms with Crippen LogP contribution in [-0.4, -0.2) is 0 Å². The van der Waals surface area contributed by atoms with Crippen LogP contribution >= 0.6 is 0 Å². The van der Waals surface area contributed by atoms with Gasteiger partial charge in [-0.3, -0.25) is 0 Å². The van der Waals surface area contributed by atoms with E-state index in [0.717, 1.165) is 12.8 Å². The molecule has 0 N–H and O–H groups in total. The highest BCUT2D eigenvalue weighted by molar-refractivity contribution is 5.16. The summed E-state index contributed by atoms with van der Waals surface area (Å²) in [7, 11) is 0. The highest BCUT2D eigenvalue weighted by Crippen LogP contribution is 1.97. The minimum absolute atomic E-state index is 0.731. The van der Waals surface area contributed by atoms with Gasteiger partial charge in [0, 0.05) is 6.42 Å². The minimum Gasteiger partial charge on any atom is -0.120 e. The monoisotopic (exact) mass is 134 g/mol. The number of terminal acetylenes is 1. The summed E-state index contributed by atoms with van der Waals surface area (Å²) in [5.41, 5.74) is 1.29. The minimum atomic E-state index is 0.731. The third-order valence-corrected chi connectivity index (χ3v) is 1.14. The summed E-state index contributed by atoms with van der Waals surface area (Å²) in [5.74, 6) is 2.55. The van der Waals surface area contributed by atoms with Crippen molar-refractivity contribution in [1.82, 2.24) is 0 Å². The zero-order chi connectivity index (χ0) is 7.82. The number of allylic oxidation sites excluding steroid dienone is 4. The maximum Gasteiger partial charge on any atom is 0.0270 e. The topological polar surface area (TPSA) is 0 Å². The summed E-state index contributed by atoms with van der Waals surface area (Å²) in [6.45, 7) is 4.20. The third kappa shape index (κ3) is 5.18. The molecule has 0 atom stereocenters. The summed E-state index contributed by atoms with van der Waals surface area (Å²) < 4.78 is 0. The van der Waals surface area contributed by atoms with Crippen LogP contribution in [0.4, 0.5) is 0 Å². The molecule has 0 radical (unpaired) electrons. The summed E-state index contributed by atoms with van der Waals surface area (Å²) >= 11 is 0. The van der Waals surface area contributed by atoms with Gasteiger partial charge in [0.1, 0.15) is 0 Å². The molecule has 0 aliphatic heterocycles. The Morgan fingerprint density at radius 3 is 2.80 bits per heavy atom. The largest absolute Gasteiger partial charge is 0.120 e. The average Bonchev–Trinajstić information content (AvgIpc) is 1.89. The van der Waals surface area contributed by atoms with E-state index in [-0.39, 0.29) is 0 Å².